The number of amides is 2. The lowest BCUT2D eigenvalue weighted by Crippen LogP contribution is -2.28. The second-order valence-electron chi connectivity index (χ2n) is 4.90. The Morgan fingerprint density at radius 1 is 1.27 bits per heavy atom. The Bertz CT molecular complexity index is 543. The van der Waals surface area contributed by atoms with E-state index in [9.17, 15) is 9.59 Å². The number of carbonyl (C=O) groups excluding carboxylic acids is 2. The summed E-state index contributed by atoms with van der Waals surface area (Å²) in [5.41, 5.74) is 5.04. The monoisotopic (exact) mass is 324 g/mol. The Labute approximate surface area is 136 Å². The Morgan fingerprint density at radius 2 is 2.00 bits per heavy atom. The summed E-state index contributed by atoms with van der Waals surface area (Å²) < 4.78 is 0. The predicted octanol–water partition coefficient (Wildman–Crippen LogP) is 1.66. The summed E-state index contributed by atoms with van der Waals surface area (Å²) in [4.78, 5) is 22.7. The third-order valence-electron chi connectivity index (χ3n) is 3.12. The van der Waals surface area contributed by atoms with Crippen molar-refractivity contribution in [2.75, 3.05) is 18.4 Å². The van der Waals surface area contributed by atoms with Gasteiger partial charge in [-0.2, -0.15) is 5.10 Å². The zero-order valence-electron chi connectivity index (χ0n) is 12.5. The molecule has 0 spiro atoms. The summed E-state index contributed by atoms with van der Waals surface area (Å²) in [7, 11) is 0. The lowest BCUT2D eigenvalue weighted by Gasteiger charge is -2.12. The van der Waals surface area contributed by atoms with E-state index in [4.69, 9.17) is 0 Å². The number of benzene rings is 1. The largest absolute Gasteiger partial charge is 0.325 e. The fraction of sp³-hybridized carbons (Fsp3) is 0.400. The van der Waals surface area contributed by atoms with Crippen LogP contribution in [0, 0.1) is 0 Å². The molecule has 0 bridgehead atoms. The van der Waals surface area contributed by atoms with Gasteiger partial charge in [-0.1, -0.05) is 19.1 Å². The first kappa shape index (κ1) is 18.1. The molecule has 1 heterocycles. The second-order valence-corrected chi connectivity index (χ2v) is 4.90. The molecule has 0 aromatic heterocycles. The minimum atomic E-state index is -0.0570. The molecule has 2 amide bonds. The fourth-order valence-corrected chi connectivity index (χ4v) is 2.01. The molecule has 0 aliphatic carbocycles. The standard InChI is InChI=1S/C15H20N4O2.ClH/c1-2-9-16-10-15(21)17-12-5-3-11(4-6-12)13-7-8-14(20)19-18-13;/h3-6,16H,2,7-10H2,1H3,(H,17,21)(H,19,20);1H. The molecule has 1 aliphatic rings. The first-order valence-corrected chi connectivity index (χ1v) is 7.15. The lowest BCUT2D eigenvalue weighted by molar-refractivity contribution is -0.121. The van der Waals surface area contributed by atoms with Crippen molar-refractivity contribution in [2.24, 2.45) is 5.10 Å². The molecular weight excluding hydrogens is 304 g/mol. The van der Waals surface area contributed by atoms with Gasteiger partial charge in [0.1, 0.15) is 0 Å². The van der Waals surface area contributed by atoms with Crippen LogP contribution in [-0.4, -0.2) is 30.6 Å². The van der Waals surface area contributed by atoms with Gasteiger partial charge in [0.25, 0.3) is 0 Å². The molecule has 120 valence electrons. The van der Waals surface area contributed by atoms with Crippen molar-refractivity contribution >= 4 is 35.6 Å². The number of hydrogen-bond acceptors (Lipinski definition) is 4. The molecule has 1 aromatic rings. The van der Waals surface area contributed by atoms with E-state index >= 15 is 0 Å². The van der Waals surface area contributed by atoms with Gasteiger partial charge < -0.3 is 10.6 Å². The number of nitrogens with zero attached hydrogens (tertiary/aromatic N) is 1. The van der Waals surface area contributed by atoms with Gasteiger partial charge in [-0.15, -0.1) is 12.4 Å². The maximum absolute atomic E-state index is 11.7. The van der Waals surface area contributed by atoms with Crippen LogP contribution >= 0.6 is 12.4 Å². The molecule has 3 N–H and O–H groups in total. The molecule has 0 unspecified atom stereocenters. The van der Waals surface area contributed by atoms with Gasteiger partial charge in [-0.05, 0) is 30.7 Å². The first-order chi connectivity index (χ1) is 10.2. The van der Waals surface area contributed by atoms with Crippen LogP contribution in [0.15, 0.2) is 29.4 Å². The summed E-state index contributed by atoms with van der Waals surface area (Å²) in [6.45, 7) is 3.20. The van der Waals surface area contributed by atoms with Crippen molar-refractivity contribution in [2.45, 2.75) is 26.2 Å². The van der Waals surface area contributed by atoms with E-state index < -0.39 is 0 Å². The van der Waals surface area contributed by atoms with Crippen LogP contribution < -0.4 is 16.1 Å². The molecule has 0 saturated heterocycles. The summed E-state index contributed by atoms with van der Waals surface area (Å²) >= 11 is 0. The Morgan fingerprint density at radius 3 is 2.59 bits per heavy atom. The Balaban J connectivity index is 0.00000242. The van der Waals surface area contributed by atoms with Gasteiger partial charge >= 0.3 is 0 Å². The van der Waals surface area contributed by atoms with E-state index in [0.29, 0.717) is 19.4 Å². The fourth-order valence-electron chi connectivity index (χ4n) is 2.01. The summed E-state index contributed by atoms with van der Waals surface area (Å²) in [6, 6.07) is 7.47. The molecule has 22 heavy (non-hydrogen) atoms. The van der Waals surface area contributed by atoms with Crippen LogP contribution in [0.4, 0.5) is 5.69 Å². The van der Waals surface area contributed by atoms with Gasteiger partial charge in [0.05, 0.1) is 12.3 Å². The first-order valence-electron chi connectivity index (χ1n) is 7.15. The van der Waals surface area contributed by atoms with Crippen molar-refractivity contribution in [1.29, 1.82) is 0 Å². The van der Waals surface area contributed by atoms with Crippen molar-refractivity contribution in [3.63, 3.8) is 0 Å². The Kier molecular flexibility index (Phi) is 7.56. The SMILES string of the molecule is CCCNCC(=O)Nc1ccc(C2=NNC(=O)CC2)cc1.Cl. The van der Waals surface area contributed by atoms with Crippen molar-refractivity contribution in [3.8, 4) is 0 Å². The Hall–Kier alpha value is -1.92. The van der Waals surface area contributed by atoms with E-state index in [2.05, 4.69) is 28.1 Å². The highest BCUT2D eigenvalue weighted by molar-refractivity contribution is 6.04. The van der Waals surface area contributed by atoms with E-state index in [-0.39, 0.29) is 24.2 Å². The van der Waals surface area contributed by atoms with Crippen LogP contribution in [0.25, 0.3) is 0 Å². The van der Waals surface area contributed by atoms with Crippen LogP contribution in [0.1, 0.15) is 31.7 Å². The van der Waals surface area contributed by atoms with Crippen LogP contribution in [-0.2, 0) is 9.59 Å². The molecule has 0 radical (unpaired) electrons. The highest BCUT2D eigenvalue weighted by Gasteiger charge is 2.13. The van der Waals surface area contributed by atoms with E-state index in [1.54, 1.807) is 0 Å². The molecular formula is C15H21ClN4O2. The third-order valence-corrected chi connectivity index (χ3v) is 3.12. The maximum Gasteiger partial charge on any atom is 0.240 e. The van der Waals surface area contributed by atoms with Gasteiger partial charge in [0, 0.05) is 18.5 Å². The lowest BCUT2D eigenvalue weighted by atomic mass is 10.0. The van der Waals surface area contributed by atoms with E-state index in [1.807, 2.05) is 24.3 Å². The van der Waals surface area contributed by atoms with Gasteiger partial charge in [-0.3, -0.25) is 9.59 Å². The van der Waals surface area contributed by atoms with E-state index in [0.717, 1.165) is 29.9 Å². The number of rotatable bonds is 6. The van der Waals surface area contributed by atoms with Gasteiger partial charge in [0.15, 0.2) is 0 Å². The third kappa shape index (κ3) is 5.46. The maximum atomic E-state index is 11.7. The number of anilines is 1. The predicted molar refractivity (Wildman–Crippen MR) is 89.4 cm³/mol. The van der Waals surface area contributed by atoms with E-state index in [1.165, 1.54) is 0 Å². The number of nitrogens with one attached hydrogen (secondary N) is 3. The number of hydrazone groups is 1. The van der Waals surface area contributed by atoms with Crippen LogP contribution in [0.2, 0.25) is 0 Å². The average Bonchev–Trinajstić information content (AvgIpc) is 2.49. The highest BCUT2D eigenvalue weighted by atomic mass is 35.5. The summed E-state index contributed by atoms with van der Waals surface area (Å²) in [5.74, 6) is -0.110. The molecule has 1 aromatic carbocycles. The average molecular weight is 325 g/mol. The molecule has 0 fully saturated rings. The van der Waals surface area contributed by atoms with Crippen molar-refractivity contribution < 1.29 is 9.59 Å². The molecule has 6 nitrogen and oxygen atoms in total. The smallest absolute Gasteiger partial charge is 0.240 e. The summed E-state index contributed by atoms with van der Waals surface area (Å²) in [5, 5.41) is 9.92. The number of carbonyl (C=O) groups is 2. The van der Waals surface area contributed by atoms with Crippen LogP contribution in [0.5, 0.6) is 0 Å². The molecule has 7 heteroatoms. The van der Waals surface area contributed by atoms with Crippen molar-refractivity contribution in [1.82, 2.24) is 10.7 Å². The zero-order chi connectivity index (χ0) is 15.1. The minimum absolute atomic E-state index is 0. The topological polar surface area (TPSA) is 82.6 Å². The van der Waals surface area contributed by atoms with Gasteiger partial charge in [-0.25, -0.2) is 5.43 Å². The summed E-state index contributed by atoms with van der Waals surface area (Å²) in [6.07, 6.45) is 2.10. The normalized spacial score (nSPS) is 13.7. The second kappa shape index (κ2) is 9.17. The zero-order valence-corrected chi connectivity index (χ0v) is 13.3. The molecule has 0 atom stereocenters. The number of halogens is 1. The molecule has 0 saturated carbocycles. The molecule has 2 rings (SSSR count). The molecule has 1 aliphatic heterocycles. The van der Waals surface area contributed by atoms with Crippen molar-refractivity contribution in [3.05, 3.63) is 29.8 Å². The highest BCUT2D eigenvalue weighted by Crippen LogP contribution is 2.14. The quantitative estimate of drug-likeness (QED) is 0.696. The van der Waals surface area contributed by atoms with Crippen LogP contribution in [0.3, 0.4) is 0 Å². The number of hydrogen-bond donors (Lipinski definition) is 3. The minimum Gasteiger partial charge on any atom is -0.325 e. The van der Waals surface area contributed by atoms with Gasteiger partial charge in [0.2, 0.25) is 11.8 Å².